The zero-order valence-electron chi connectivity index (χ0n) is 12.5. The molecular weight excluding hydrogens is 222 g/mol. The van der Waals surface area contributed by atoms with E-state index in [0.717, 1.165) is 18.8 Å². The fourth-order valence-electron chi connectivity index (χ4n) is 3.45. The highest BCUT2D eigenvalue weighted by molar-refractivity contribution is 5.79. The zero-order chi connectivity index (χ0) is 13.3. The van der Waals surface area contributed by atoms with Gasteiger partial charge in [-0.15, -0.1) is 0 Å². The smallest absolute Gasteiger partial charge is 0.225 e. The first-order valence-corrected chi connectivity index (χ1v) is 7.66. The summed E-state index contributed by atoms with van der Waals surface area (Å²) in [6, 6.07) is 0.554. The molecule has 0 atom stereocenters. The number of rotatable bonds is 2. The van der Waals surface area contributed by atoms with E-state index in [1.807, 2.05) is 11.9 Å². The van der Waals surface area contributed by atoms with Crippen LogP contribution in [0, 0.1) is 17.3 Å². The molecule has 2 aliphatic rings. The largest absolute Gasteiger partial charge is 0.343 e. The van der Waals surface area contributed by atoms with Gasteiger partial charge in [-0.1, -0.05) is 20.8 Å². The first-order chi connectivity index (χ1) is 8.39. The molecule has 2 aliphatic carbocycles. The van der Waals surface area contributed by atoms with Crippen LogP contribution in [0.3, 0.4) is 0 Å². The summed E-state index contributed by atoms with van der Waals surface area (Å²) in [7, 11) is 2.02. The van der Waals surface area contributed by atoms with E-state index in [4.69, 9.17) is 0 Å². The second-order valence-electron chi connectivity index (χ2n) is 7.45. The molecule has 0 bridgehead atoms. The van der Waals surface area contributed by atoms with E-state index in [1.165, 1.54) is 32.1 Å². The second kappa shape index (κ2) is 5.22. The van der Waals surface area contributed by atoms with Crippen molar-refractivity contribution in [2.45, 2.75) is 71.8 Å². The number of nitrogens with zero attached hydrogens (tertiary/aromatic N) is 1. The molecular formula is C16H29NO. The third-order valence-electron chi connectivity index (χ3n) is 5.27. The third kappa shape index (κ3) is 2.89. The maximum absolute atomic E-state index is 12.4. The van der Waals surface area contributed by atoms with Crippen molar-refractivity contribution >= 4 is 5.91 Å². The molecule has 0 saturated heterocycles. The Labute approximate surface area is 112 Å². The molecule has 0 radical (unpaired) electrons. The number of carbonyl (C=O) groups excluding carboxylic acids is 1. The number of carbonyl (C=O) groups is 1. The van der Waals surface area contributed by atoms with Crippen LogP contribution >= 0.6 is 0 Å². The molecule has 104 valence electrons. The Morgan fingerprint density at radius 2 is 1.56 bits per heavy atom. The maximum Gasteiger partial charge on any atom is 0.225 e. The molecule has 18 heavy (non-hydrogen) atoms. The maximum atomic E-state index is 12.4. The van der Waals surface area contributed by atoms with Crippen molar-refractivity contribution in [3.63, 3.8) is 0 Å². The van der Waals surface area contributed by atoms with Crippen LogP contribution in [0.1, 0.15) is 65.7 Å². The standard InChI is InChI=1S/C16H29NO/c1-16(2,3)13-10-8-12(9-11-13)15(18)17(4)14-6-5-7-14/h12-14H,5-11H2,1-4H3. The van der Waals surface area contributed by atoms with Crippen LogP contribution in [0.4, 0.5) is 0 Å². The van der Waals surface area contributed by atoms with Gasteiger partial charge in [0.15, 0.2) is 0 Å². The molecule has 0 unspecified atom stereocenters. The van der Waals surface area contributed by atoms with Crippen LogP contribution in [-0.4, -0.2) is 23.9 Å². The first-order valence-electron chi connectivity index (χ1n) is 7.66. The lowest BCUT2D eigenvalue weighted by atomic mass is 9.69. The molecule has 2 heteroatoms. The minimum atomic E-state index is 0.314. The van der Waals surface area contributed by atoms with E-state index in [1.54, 1.807) is 0 Å². The molecule has 0 aromatic rings. The number of hydrogen-bond acceptors (Lipinski definition) is 1. The highest BCUT2D eigenvalue weighted by Gasteiger charge is 2.35. The Hall–Kier alpha value is -0.530. The summed E-state index contributed by atoms with van der Waals surface area (Å²) >= 11 is 0. The normalized spacial score (nSPS) is 29.8. The average Bonchev–Trinajstić information content (AvgIpc) is 2.24. The lowest BCUT2D eigenvalue weighted by Crippen LogP contribution is -2.45. The lowest BCUT2D eigenvalue weighted by molar-refractivity contribution is -0.139. The summed E-state index contributed by atoms with van der Waals surface area (Å²) in [5, 5.41) is 0. The molecule has 2 fully saturated rings. The van der Waals surface area contributed by atoms with Gasteiger partial charge < -0.3 is 4.90 Å². The molecule has 0 aliphatic heterocycles. The molecule has 0 heterocycles. The molecule has 0 spiro atoms. The van der Waals surface area contributed by atoms with E-state index < -0.39 is 0 Å². The van der Waals surface area contributed by atoms with Gasteiger partial charge in [0.2, 0.25) is 5.91 Å². The predicted molar refractivity (Wildman–Crippen MR) is 75.3 cm³/mol. The van der Waals surface area contributed by atoms with E-state index in [-0.39, 0.29) is 0 Å². The van der Waals surface area contributed by atoms with Gasteiger partial charge in [-0.25, -0.2) is 0 Å². The van der Waals surface area contributed by atoms with Crippen molar-refractivity contribution in [3.8, 4) is 0 Å². The van der Waals surface area contributed by atoms with Gasteiger partial charge in [-0.05, 0) is 56.3 Å². The summed E-state index contributed by atoms with van der Waals surface area (Å²) in [6.45, 7) is 7.00. The van der Waals surface area contributed by atoms with Crippen LogP contribution in [0.2, 0.25) is 0 Å². The van der Waals surface area contributed by atoms with Crippen LogP contribution in [0.5, 0.6) is 0 Å². The van der Waals surface area contributed by atoms with Gasteiger partial charge in [0.25, 0.3) is 0 Å². The van der Waals surface area contributed by atoms with Gasteiger partial charge in [0.05, 0.1) is 0 Å². The Kier molecular flexibility index (Phi) is 4.03. The van der Waals surface area contributed by atoms with Gasteiger partial charge >= 0.3 is 0 Å². The Morgan fingerprint density at radius 1 is 1.00 bits per heavy atom. The molecule has 1 amide bonds. The summed E-state index contributed by atoms with van der Waals surface area (Å²) in [6.07, 6.45) is 8.44. The molecule has 0 N–H and O–H groups in total. The highest BCUT2D eigenvalue weighted by Crippen LogP contribution is 2.40. The van der Waals surface area contributed by atoms with Crippen molar-refractivity contribution in [1.82, 2.24) is 4.90 Å². The first kappa shape index (κ1) is 13.9. The van der Waals surface area contributed by atoms with Crippen molar-refractivity contribution in [1.29, 1.82) is 0 Å². The van der Waals surface area contributed by atoms with Crippen LogP contribution in [0.15, 0.2) is 0 Å². The van der Waals surface area contributed by atoms with Crippen molar-refractivity contribution < 1.29 is 4.79 Å². The summed E-state index contributed by atoms with van der Waals surface area (Å²) < 4.78 is 0. The minimum Gasteiger partial charge on any atom is -0.343 e. The number of hydrogen-bond donors (Lipinski definition) is 0. The van der Waals surface area contributed by atoms with E-state index in [2.05, 4.69) is 20.8 Å². The van der Waals surface area contributed by atoms with Crippen molar-refractivity contribution in [3.05, 3.63) is 0 Å². The van der Waals surface area contributed by atoms with Gasteiger partial charge in [-0.3, -0.25) is 4.79 Å². The summed E-state index contributed by atoms with van der Waals surface area (Å²) in [5.41, 5.74) is 0.411. The topological polar surface area (TPSA) is 20.3 Å². The van der Waals surface area contributed by atoms with E-state index >= 15 is 0 Å². The van der Waals surface area contributed by atoms with Crippen LogP contribution in [-0.2, 0) is 4.79 Å². The van der Waals surface area contributed by atoms with Crippen LogP contribution in [0.25, 0.3) is 0 Å². The molecule has 0 aromatic carbocycles. The van der Waals surface area contributed by atoms with E-state index in [9.17, 15) is 4.79 Å². The average molecular weight is 251 g/mol. The third-order valence-corrected chi connectivity index (χ3v) is 5.27. The van der Waals surface area contributed by atoms with E-state index in [0.29, 0.717) is 23.3 Å². The molecule has 2 rings (SSSR count). The molecule has 2 nitrogen and oxygen atoms in total. The van der Waals surface area contributed by atoms with Gasteiger partial charge in [0, 0.05) is 19.0 Å². The Balaban J connectivity index is 1.83. The van der Waals surface area contributed by atoms with Gasteiger partial charge in [0.1, 0.15) is 0 Å². The molecule has 2 saturated carbocycles. The SMILES string of the molecule is CN(C(=O)C1CCC(C(C)(C)C)CC1)C1CCC1. The monoisotopic (exact) mass is 251 g/mol. The fraction of sp³-hybridized carbons (Fsp3) is 0.938. The quantitative estimate of drug-likeness (QED) is 0.730. The Morgan fingerprint density at radius 3 is 1.94 bits per heavy atom. The lowest BCUT2D eigenvalue weighted by Gasteiger charge is -2.40. The Bertz CT molecular complexity index is 293. The number of amides is 1. The highest BCUT2D eigenvalue weighted by atomic mass is 16.2. The second-order valence-corrected chi connectivity index (χ2v) is 7.45. The molecule has 0 aromatic heterocycles. The fourth-order valence-corrected chi connectivity index (χ4v) is 3.45. The predicted octanol–water partition coefficient (Wildman–Crippen LogP) is 3.85. The van der Waals surface area contributed by atoms with Gasteiger partial charge in [-0.2, -0.15) is 0 Å². The van der Waals surface area contributed by atoms with Crippen molar-refractivity contribution in [2.75, 3.05) is 7.05 Å². The minimum absolute atomic E-state index is 0.314. The summed E-state index contributed by atoms with van der Waals surface area (Å²) in [5.74, 6) is 1.54. The van der Waals surface area contributed by atoms with Crippen molar-refractivity contribution in [2.24, 2.45) is 17.3 Å². The van der Waals surface area contributed by atoms with Crippen LogP contribution < -0.4 is 0 Å². The summed E-state index contributed by atoms with van der Waals surface area (Å²) in [4.78, 5) is 14.5. The zero-order valence-corrected chi connectivity index (χ0v) is 12.5.